The summed E-state index contributed by atoms with van der Waals surface area (Å²) in [6.07, 6.45) is 8.10. The fourth-order valence-corrected chi connectivity index (χ4v) is 24.2. The van der Waals surface area contributed by atoms with E-state index in [0.29, 0.717) is 3.93 Å². The van der Waals surface area contributed by atoms with Gasteiger partial charge in [0.1, 0.15) is 0 Å². The number of rotatable bonds is 15. The summed E-state index contributed by atoms with van der Waals surface area (Å²) in [5.74, 6) is 0. The predicted molar refractivity (Wildman–Crippen MR) is 128 cm³/mol. The van der Waals surface area contributed by atoms with Crippen molar-refractivity contribution >= 4 is 28.5 Å². The molecular weight excluding hydrogens is 487 g/mol. The van der Waals surface area contributed by atoms with Crippen LogP contribution < -0.4 is 0 Å². The van der Waals surface area contributed by atoms with E-state index in [2.05, 4.69) is 34.6 Å². The van der Waals surface area contributed by atoms with Crippen LogP contribution in [0.2, 0.25) is 17.2 Å². The zero-order valence-corrected chi connectivity index (χ0v) is 23.3. The van der Waals surface area contributed by atoms with E-state index in [9.17, 15) is 8.42 Å². The Morgan fingerprint density at radius 2 is 1.31 bits per heavy atom. The fourth-order valence-electron chi connectivity index (χ4n) is 4.47. The molecule has 1 aromatic rings. The molecule has 3 nitrogen and oxygen atoms in total. The molecule has 0 fully saturated rings. The van der Waals surface area contributed by atoms with Crippen LogP contribution in [-0.4, -0.2) is 32.9 Å². The Bertz CT molecular complexity index is 648. The molecule has 0 radical (unpaired) electrons. The van der Waals surface area contributed by atoms with E-state index < -0.39 is 28.5 Å². The summed E-state index contributed by atoms with van der Waals surface area (Å²) in [6, 6.07) is 7.02. The summed E-state index contributed by atoms with van der Waals surface area (Å²) >= 11 is -2.57. The first-order valence-electron chi connectivity index (χ1n) is 11.8. The summed E-state index contributed by atoms with van der Waals surface area (Å²) in [6.45, 7) is 13.2. The zero-order valence-electron chi connectivity index (χ0n) is 19.7. The van der Waals surface area contributed by atoms with Gasteiger partial charge < -0.3 is 0 Å². The van der Waals surface area contributed by atoms with Crippen molar-refractivity contribution < 1.29 is 12.6 Å². The van der Waals surface area contributed by atoms with Crippen LogP contribution in [0.1, 0.15) is 85.1 Å². The maximum absolute atomic E-state index is 13.0. The summed E-state index contributed by atoms with van der Waals surface area (Å²) in [7, 11) is -3.72. The molecule has 0 aliphatic rings. The summed E-state index contributed by atoms with van der Waals surface area (Å²) < 4.78 is 36.5. The van der Waals surface area contributed by atoms with Crippen LogP contribution >= 0.6 is 0 Å². The number of benzene rings is 1. The van der Waals surface area contributed by atoms with Gasteiger partial charge in [-0.1, -0.05) is 0 Å². The van der Waals surface area contributed by atoms with E-state index in [1.54, 1.807) is 12.1 Å². The van der Waals surface area contributed by atoms with Crippen molar-refractivity contribution in [3.63, 3.8) is 0 Å². The normalized spacial score (nSPS) is 14.7. The molecule has 0 N–H and O–H groups in total. The Morgan fingerprint density at radius 1 is 0.862 bits per heavy atom. The van der Waals surface area contributed by atoms with Crippen LogP contribution in [0.4, 0.5) is 0 Å². The van der Waals surface area contributed by atoms with Crippen molar-refractivity contribution in [2.45, 2.75) is 115 Å². The molecule has 0 saturated heterocycles. The van der Waals surface area contributed by atoms with E-state index in [0.717, 1.165) is 12.0 Å². The third-order valence-electron chi connectivity index (χ3n) is 6.57. The fraction of sp³-hybridized carbons (Fsp3) is 0.750. The molecule has 168 valence electrons. The Morgan fingerprint density at radius 3 is 1.69 bits per heavy atom. The second-order valence-electron chi connectivity index (χ2n) is 8.77. The van der Waals surface area contributed by atoms with Gasteiger partial charge in [-0.25, -0.2) is 0 Å². The second kappa shape index (κ2) is 13.4. The molecule has 0 bridgehead atoms. The van der Waals surface area contributed by atoms with Gasteiger partial charge in [0.2, 0.25) is 0 Å². The van der Waals surface area contributed by atoms with Crippen molar-refractivity contribution in [2.75, 3.05) is 0 Å². The topological polar surface area (TPSA) is 43.4 Å². The summed E-state index contributed by atoms with van der Waals surface area (Å²) in [5, 5.41) is 0. The maximum atomic E-state index is 13.0. The Kier molecular flexibility index (Phi) is 12.4. The molecule has 2 unspecified atom stereocenters. The summed E-state index contributed by atoms with van der Waals surface area (Å²) in [4.78, 5) is 0.283. The van der Waals surface area contributed by atoms with Gasteiger partial charge in [-0.05, 0) is 0 Å². The van der Waals surface area contributed by atoms with Gasteiger partial charge in [-0.15, -0.1) is 0 Å². The molecule has 2 atom stereocenters. The van der Waals surface area contributed by atoms with E-state index in [4.69, 9.17) is 4.18 Å². The van der Waals surface area contributed by atoms with Gasteiger partial charge in [0, 0.05) is 0 Å². The van der Waals surface area contributed by atoms with E-state index >= 15 is 0 Å². The average Bonchev–Trinajstić information content (AvgIpc) is 2.71. The molecular formula is C24H44O3SSn. The van der Waals surface area contributed by atoms with Crippen LogP contribution in [0, 0.1) is 6.92 Å². The van der Waals surface area contributed by atoms with Crippen molar-refractivity contribution in [3.05, 3.63) is 29.8 Å². The van der Waals surface area contributed by atoms with Crippen molar-refractivity contribution in [3.8, 4) is 0 Å². The van der Waals surface area contributed by atoms with Gasteiger partial charge in [0.25, 0.3) is 0 Å². The standard InChI is InChI=1S/C12H17O3S.3C4H9.Sn/c1-4-11(5-2)15-16(13,14)12-8-6-10(3)7-9-12;3*1-3-4-2;/h4,6-9,11H,5H2,1-3H3;3*1,3-4H2,2H3;. The molecule has 5 heteroatoms. The minimum atomic E-state index is -3.72. The van der Waals surface area contributed by atoms with Crippen LogP contribution in [-0.2, 0) is 14.3 Å². The van der Waals surface area contributed by atoms with E-state index in [-0.39, 0.29) is 11.0 Å². The SMILES string of the molecule is CCC[CH2][Sn]([CH2]CCC)([CH2]CCC)[CH](C)C(CC)OS(=O)(=O)c1ccc(C)cc1. The van der Waals surface area contributed by atoms with Gasteiger partial charge in [-0.2, -0.15) is 0 Å². The Hall–Kier alpha value is -0.0713. The van der Waals surface area contributed by atoms with Crippen LogP contribution in [0.5, 0.6) is 0 Å². The Labute approximate surface area is 185 Å². The van der Waals surface area contributed by atoms with Crippen molar-refractivity contribution in [1.82, 2.24) is 0 Å². The monoisotopic (exact) mass is 532 g/mol. The first-order valence-corrected chi connectivity index (χ1v) is 20.9. The molecule has 0 aromatic heterocycles. The molecule has 0 aliphatic carbocycles. The van der Waals surface area contributed by atoms with Crippen molar-refractivity contribution in [2.24, 2.45) is 0 Å². The van der Waals surface area contributed by atoms with Gasteiger partial charge in [0.05, 0.1) is 0 Å². The van der Waals surface area contributed by atoms with Crippen LogP contribution in [0.15, 0.2) is 29.2 Å². The third kappa shape index (κ3) is 8.17. The van der Waals surface area contributed by atoms with Gasteiger partial charge in [0.15, 0.2) is 0 Å². The number of hydrogen-bond acceptors (Lipinski definition) is 3. The average molecular weight is 531 g/mol. The number of hydrogen-bond donors (Lipinski definition) is 0. The minimum absolute atomic E-state index is 0.192. The van der Waals surface area contributed by atoms with E-state index in [1.165, 1.54) is 51.8 Å². The first kappa shape index (κ1) is 27.0. The quantitative estimate of drug-likeness (QED) is 0.172. The molecule has 0 aliphatic heterocycles. The molecule has 0 spiro atoms. The number of aryl methyl sites for hydroxylation is 1. The second-order valence-corrected chi connectivity index (χ2v) is 25.0. The van der Waals surface area contributed by atoms with Crippen molar-refractivity contribution in [1.29, 1.82) is 0 Å². The molecule has 0 heterocycles. The zero-order chi connectivity index (χ0) is 21.9. The molecule has 1 rings (SSSR count). The summed E-state index contributed by atoms with van der Waals surface area (Å²) in [5.41, 5.74) is 1.05. The molecule has 0 amide bonds. The molecule has 0 saturated carbocycles. The Balaban J connectivity index is 3.16. The van der Waals surface area contributed by atoms with Gasteiger partial charge >= 0.3 is 186 Å². The van der Waals surface area contributed by atoms with Gasteiger partial charge in [-0.3, -0.25) is 0 Å². The molecule has 1 aromatic carbocycles. The van der Waals surface area contributed by atoms with Crippen LogP contribution in [0.3, 0.4) is 0 Å². The molecule has 29 heavy (non-hydrogen) atoms. The third-order valence-corrected chi connectivity index (χ3v) is 26.0. The van der Waals surface area contributed by atoms with Crippen LogP contribution in [0.25, 0.3) is 0 Å². The first-order chi connectivity index (χ1) is 13.8. The predicted octanol–water partition coefficient (Wildman–Crippen LogP) is 7.72. The number of unbranched alkanes of at least 4 members (excludes halogenated alkanes) is 3. The van der Waals surface area contributed by atoms with E-state index in [1.807, 2.05) is 19.1 Å².